The van der Waals surface area contributed by atoms with Gasteiger partial charge in [0.05, 0.1) is 0 Å². The number of hydrogen-bond donors (Lipinski definition) is 1. The highest BCUT2D eigenvalue weighted by atomic mass is 35.5. The molecule has 0 spiro atoms. The van der Waals surface area contributed by atoms with Crippen molar-refractivity contribution in [2.75, 3.05) is 13.1 Å². The highest BCUT2D eigenvalue weighted by molar-refractivity contribution is 5.85. The Morgan fingerprint density at radius 3 is 2.31 bits per heavy atom. The second-order valence-electron chi connectivity index (χ2n) is 3.84. The summed E-state index contributed by atoms with van der Waals surface area (Å²) in [5, 5.41) is 3.00. The molecule has 1 saturated heterocycles. The van der Waals surface area contributed by atoms with E-state index in [2.05, 4.69) is 5.32 Å². The largest absolute Gasteiger partial charge is 0.316 e. The first-order valence-corrected chi connectivity index (χ1v) is 4.97. The van der Waals surface area contributed by atoms with E-state index in [-0.39, 0.29) is 30.8 Å². The molecule has 1 aromatic carbocycles. The molecule has 0 saturated carbocycles. The van der Waals surface area contributed by atoms with E-state index in [9.17, 15) is 13.2 Å². The predicted octanol–water partition coefficient (Wildman–Crippen LogP) is 2.93. The fourth-order valence-corrected chi connectivity index (χ4v) is 1.95. The molecule has 1 fully saturated rings. The van der Waals surface area contributed by atoms with Gasteiger partial charge in [0.1, 0.15) is 17.3 Å². The minimum absolute atomic E-state index is 0. The molecule has 16 heavy (non-hydrogen) atoms. The summed E-state index contributed by atoms with van der Waals surface area (Å²) in [6, 6.07) is 3.04. The Kier molecular flexibility index (Phi) is 4.21. The summed E-state index contributed by atoms with van der Waals surface area (Å²) in [6.07, 6.45) is 0.463. The monoisotopic (exact) mass is 251 g/mol. The minimum atomic E-state index is -1.65. The van der Waals surface area contributed by atoms with Crippen molar-refractivity contribution in [1.82, 2.24) is 5.32 Å². The van der Waals surface area contributed by atoms with Crippen LogP contribution in [0.2, 0.25) is 0 Å². The van der Waals surface area contributed by atoms with Crippen molar-refractivity contribution in [2.45, 2.75) is 18.5 Å². The first-order valence-electron chi connectivity index (χ1n) is 4.97. The van der Waals surface area contributed by atoms with Crippen LogP contribution in [-0.2, 0) is 5.67 Å². The summed E-state index contributed by atoms with van der Waals surface area (Å²) < 4.78 is 40.3. The molecule has 0 bridgehead atoms. The Hall–Kier alpha value is -0.740. The number of benzene rings is 1. The molecular weight excluding hydrogens is 239 g/mol. The van der Waals surface area contributed by atoms with Crippen LogP contribution in [0, 0.1) is 11.6 Å². The lowest BCUT2D eigenvalue weighted by atomic mass is 9.86. The number of piperidine rings is 1. The Morgan fingerprint density at radius 1 is 1.12 bits per heavy atom. The van der Waals surface area contributed by atoms with Crippen molar-refractivity contribution >= 4 is 12.4 Å². The lowest BCUT2D eigenvalue weighted by Crippen LogP contribution is -2.37. The van der Waals surface area contributed by atoms with E-state index in [0.717, 1.165) is 12.1 Å². The third-order valence-corrected chi connectivity index (χ3v) is 2.81. The Balaban J connectivity index is 0.00000128. The van der Waals surface area contributed by atoms with Gasteiger partial charge in [-0.1, -0.05) is 0 Å². The second kappa shape index (κ2) is 5.06. The van der Waals surface area contributed by atoms with Gasteiger partial charge in [-0.15, -0.1) is 12.4 Å². The molecule has 0 aliphatic carbocycles. The molecule has 1 aliphatic rings. The van der Waals surface area contributed by atoms with Gasteiger partial charge in [0.15, 0.2) is 0 Å². The zero-order chi connectivity index (χ0) is 10.9. The maximum Gasteiger partial charge on any atom is 0.141 e. The fraction of sp³-hybridized carbons (Fsp3) is 0.455. The third kappa shape index (κ3) is 2.50. The van der Waals surface area contributed by atoms with Crippen molar-refractivity contribution in [2.24, 2.45) is 0 Å². The minimum Gasteiger partial charge on any atom is -0.316 e. The molecule has 2 rings (SSSR count). The average Bonchev–Trinajstić information content (AvgIpc) is 2.18. The number of hydrogen-bond acceptors (Lipinski definition) is 1. The molecule has 0 atom stereocenters. The average molecular weight is 252 g/mol. The van der Waals surface area contributed by atoms with Gasteiger partial charge in [-0.3, -0.25) is 0 Å². The van der Waals surface area contributed by atoms with Crippen LogP contribution < -0.4 is 5.32 Å². The van der Waals surface area contributed by atoms with Crippen LogP contribution in [0.25, 0.3) is 0 Å². The maximum absolute atomic E-state index is 14.3. The van der Waals surface area contributed by atoms with Gasteiger partial charge in [-0.25, -0.2) is 13.2 Å². The molecule has 0 aromatic heterocycles. The maximum atomic E-state index is 14.3. The molecular formula is C11H13ClF3N. The molecule has 90 valence electrons. The number of halogens is 4. The first-order chi connectivity index (χ1) is 7.12. The topological polar surface area (TPSA) is 12.0 Å². The molecule has 0 unspecified atom stereocenters. The zero-order valence-corrected chi connectivity index (χ0v) is 9.42. The highest BCUT2D eigenvalue weighted by Crippen LogP contribution is 2.36. The molecule has 0 radical (unpaired) electrons. The van der Waals surface area contributed by atoms with Crippen LogP contribution in [-0.4, -0.2) is 13.1 Å². The molecule has 1 aliphatic heterocycles. The number of alkyl halides is 1. The van der Waals surface area contributed by atoms with Gasteiger partial charge in [0, 0.05) is 11.6 Å². The quantitative estimate of drug-likeness (QED) is 0.809. The van der Waals surface area contributed by atoms with Crippen molar-refractivity contribution < 1.29 is 13.2 Å². The number of nitrogens with one attached hydrogen (secondary N) is 1. The van der Waals surface area contributed by atoms with Crippen molar-refractivity contribution in [3.8, 4) is 0 Å². The van der Waals surface area contributed by atoms with E-state index >= 15 is 0 Å². The van der Waals surface area contributed by atoms with Crippen LogP contribution in [0.1, 0.15) is 18.4 Å². The first kappa shape index (κ1) is 13.3. The summed E-state index contributed by atoms with van der Waals surface area (Å²) in [5.74, 6) is -1.46. The molecule has 1 heterocycles. The summed E-state index contributed by atoms with van der Waals surface area (Å²) in [4.78, 5) is 0. The van der Waals surface area contributed by atoms with E-state index in [1.165, 1.54) is 6.07 Å². The molecule has 0 amide bonds. The van der Waals surface area contributed by atoms with Crippen LogP contribution in [0.15, 0.2) is 18.2 Å². The second-order valence-corrected chi connectivity index (χ2v) is 3.84. The zero-order valence-electron chi connectivity index (χ0n) is 8.60. The Bertz CT molecular complexity index is 364. The van der Waals surface area contributed by atoms with E-state index in [0.29, 0.717) is 13.1 Å². The number of rotatable bonds is 1. The van der Waals surface area contributed by atoms with Crippen LogP contribution in [0.3, 0.4) is 0 Å². The molecule has 1 nitrogen and oxygen atoms in total. The lowest BCUT2D eigenvalue weighted by molar-refractivity contribution is 0.110. The van der Waals surface area contributed by atoms with Gasteiger partial charge < -0.3 is 5.32 Å². The standard InChI is InChI=1S/C11H12F3N.ClH/c12-8-1-2-9(10(13)7-8)11(14)3-5-15-6-4-11;/h1-2,7,15H,3-6H2;1H. The molecule has 5 heteroatoms. The van der Waals surface area contributed by atoms with E-state index in [4.69, 9.17) is 0 Å². The van der Waals surface area contributed by atoms with E-state index < -0.39 is 17.3 Å². The third-order valence-electron chi connectivity index (χ3n) is 2.81. The summed E-state index contributed by atoms with van der Waals surface area (Å²) in [6.45, 7) is 1.04. The van der Waals surface area contributed by atoms with E-state index in [1.807, 2.05) is 0 Å². The van der Waals surface area contributed by atoms with Crippen LogP contribution >= 0.6 is 12.4 Å². The SMILES string of the molecule is Cl.Fc1ccc(C2(F)CCNCC2)c(F)c1. The Morgan fingerprint density at radius 2 is 1.75 bits per heavy atom. The lowest BCUT2D eigenvalue weighted by Gasteiger charge is -2.30. The van der Waals surface area contributed by atoms with Crippen molar-refractivity contribution in [1.29, 1.82) is 0 Å². The molecule has 1 aromatic rings. The fourth-order valence-electron chi connectivity index (χ4n) is 1.95. The van der Waals surface area contributed by atoms with Crippen molar-refractivity contribution in [3.05, 3.63) is 35.4 Å². The van der Waals surface area contributed by atoms with Gasteiger partial charge >= 0.3 is 0 Å². The van der Waals surface area contributed by atoms with Gasteiger partial charge in [0.2, 0.25) is 0 Å². The summed E-state index contributed by atoms with van der Waals surface area (Å²) in [5.41, 5.74) is -1.67. The summed E-state index contributed by atoms with van der Waals surface area (Å²) >= 11 is 0. The van der Waals surface area contributed by atoms with Crippen LogP contribution in [0.5, 0.6) is 0 Å². The van der Waals surface area contributed by atoms with Gasteiger partial charge in [-0.2, -0.15) is 0 Å². The smallest absolute Gasteiger partial charge is 0.141 e. The highest BCUT2D eigenvalue weighted by Gasteiger charge is 2.35. The molecule has 1 N–H and O–H groups in total. The Labute approximate surface area is 98.4 Å². The van der Waals surface area contributed by atoms with Gasteiger partial charge in [0.25, 0.3) is 0 Å². The van der Waals surface area contributed by atoms with Crippen molar-refractivity contribution in [3.63, 3.8) is 0 Å². The van der Waals surface area contributed by atoms with E-state index in [1.54, 1.807) is 0 Å². The van der Waals surface area contributed by atoms with Crippen LogP contribution in [0.4, 0.5) is 13.2 Å². The predicted molar refractivity (Wildman–Crippen MR) is 58.5 cm³/mol. The summed E-state index contributed by atoms with van der Waals surface area (Å²) in [7, 11) is 0. The van der Waals surface area contributed by atoms with Gasteiger partial charge in [-0.05, 0) is 38.1 Å². The normalized spacial score (nSPS) is 18.9.